The van der Waals surface area contributed by atoms with Crippen LogP contribution < -0.4 is 0 Å². The second-order valence-corrected chi connectivity index (χ2v) is 7.13. The number of benzene rings is 3. The molecule has 0 bridgehead atoms. The van der Waals surface area contributed by atoms with Gasteiger partial charge in [0.1, 0.15) is 17.2 Å². The van der Waals surface area contributed by atoms with E-state index in [9.17, 15) is 18.3 Å². The standard InChI is InChI=1S/C21H13BrF3NO2/c1-11-19(14-4-8-16-13(10-14)5-9-17(27)18(16)22)26-20(28-11)12-2-6-15(7-3-12)21(23,24)25/h2-10,27H,1H3. The number of nitrogens with zero attached hydrogens (tertiary/aromatic N) is 1. The van der Waals surface area contributed by atoms with E-state index in [1.807, 2.05) is 18.2 Å². The fourth-order valence-electron chi connectivity index (χ4n) is 3.02. The van der Waals surface area contributed by atoms with E-state index < -0.39 is 11.7 Å². The highest BCUT2D eigenvalue weighted by atomic mass is 79.9. The number of halogens is 4. The SMILES string of the molecule is Cc1oc(-c2ccc(C(F)(F)F)cc2)nc1-c1ccc2c(Br)c(O)ccc2c1. The molecule has 0 aliphatic rings. The number of hydrogen-bond donors (Lipinski definition) is 1. The lowest BCUT2D eigenvalue weighted by Gasteiger charge is -2.06. The van der Waals surface area contributed by atoms with Crippen molar-refractivity contribution in [2.75, 3.05) is 0 Å². The molecule has 0 spiro atoms. The molecule has 3 nitrogen and oxygen atoms in total. The molecule has 1 aromatic heterocycles. The Hall–Kier alpha value is -2.80. The van der Waals surface area contributed by atoms with E-state index in [-0.39, 0.29) is 11.6 Å². The second kappa shape index (κ2) is 6.67. The van der Waals surface area contributed by atoms with Gasteiger partial charge in [0.25, 0.3) is 0 Å². The summed E-state index contributed by atoms with van der Waals surface area (Å²) in [5.41, 5.74) is 1.17. The zero-order valence-corrected chi connectivity index (χ0v) is 16.1. The van der Waals surface area contributed by atoms with Crippen molar-refractivity contribution in [3.63, 3.8) is 0 Å². The predicted octanol–water partition coefficient (Wildman–Crippen LogP) is 6.96. The Balaban J connectivity index is 1.74. The van der Waals surface area contributed by atoms with Crippen molar-refractivity contribution in [1.82, 2.24) is 4.98 Å². The molecule has 0 unspecified atom stereocenters. The largest absolute Gasteiger partial charge is 0.507 e. The Bertz CT molecular complexity index is 1180. The van der Waals surface area contributed by atoms with Crippen molar-refractivity contribution >= 4 is 26.7 Å². The maximum absolute atomic E-state index is 12.7. The monoisotopic (exact) mass is 447 g/mol. The number of fused-ring (bicyclic) bond motifs is 1. The molecule has 1 N–H and O–H groups in total. The van der Waals surface area contributed by atoms with Gasteiger partial charge in [-0.1, -0.05) is 18.2 Å². The third kappa shape index (κ3) is 3.26. The topological polar surface area (TPSA) is 46.3 Å². The zero-order valence-electron chi connectivity index (χ0n) is 14.5. The fraction of sp³-hybridized carbons (Fsp3) is 0.0952. The summed E-state index contributed by atoms with van der Waals surface area (Å²) >= 11 is 3.37. The quantitative estimate of drug-likeness (QED) is 0.361. The average Bonchev–Trinajstić information content (AvgIpc) is 3.06. The number of oxazole rings is 1. The van der Waals surface area contributed by atoms with Crippen LogP contribution in [0.15, 0.2) is 63.5 Å². The van der Waals surface area contributed by atoms with Crippen LogP contribution in [0.25, 0.3) is 33.5 Å². The van der Waals surface area contributed by atoms with E-state index in [4.69, 9.17) is 4.42 Å². The van der Waals surface area contributed by atoms with Crippen LogP contribution in [0, 0.1) is 6.92 Å². The van der Waals surface area contributed by atoms with E-state index in [0.29, 0.717) is 21.5 Å². The van der Waals surface area contributed by atoms with Crippen LogP contribution in [0.4, 0.5) is 13.2 Å². The van der Waals surface area contributed by atoms with Crippen LogP contribution in [-0.2, 0) is 6.18 Å². The summed E-state index contributed by atoms with van der Waals surface area (Å²) < 4.78 is 44.5. The lowest BCUT2D eigenvalue weighted by atomic mass is 10.0. The number of aromatic hydroxyl groups is 1. The third-order valence-electron chi connectivity index (χ3n) is 4.46. The molecule has 4 aromatic rings. The molecular formula is C21H13BrF3NO2. The van der Waals surface area contributed by atoms with Gasteiger partial charge < -0.3 is 9.52 Å². The predicted molar refractivity (Wildman–Crippen MR) is 104 cm³/mol. The van der Waals surface area contributed by atoms with E-state index >= 15 is 0 Å². The normalized spacial score (nSPS) is 11.9. The van der Waals surface area contributed by atoms with Gasteiger partial charge in [-0.15, -0.1) is 0 Å². The lowest BCUT2D eigenvalue weighted by Crippen LogP contribution is -2.03. The number of phenols is 1. The van der Waals surface area contributed by atoms with Gasteiger partial charge in [-0.3, -0.25) is 0 Å². The first-order chi connectivity index (χ1) is 13.2. The Morgan fingerprint density at radius 2 is 1.64 bits per heavy atom. The maximum atomic E-state index is 12.7. The molecule has 0 fully saturated rings. The van der Waals surface area contributed by atoms with Gasteiger partial charge in [0, 0.05) is 11.1 Å². The molecule has 0 saturated heterocycles. The molecule has 0 aliphatic heterocycles. The number of phenolic OH excluding ortho intramolecular Hbond substituents is 1. The van der Waals surface area contributed by atoms with Gasteiger partial charge in [0.15, 0.2) is 0 Å². The van der Waals surface area contributed by atoms with Crippen LogP contribution in [0.2, 0.25) is 0 Å². The molecule has 0 amide bonds. The smallest absolute Gasteiger partial charge is 0.416 e. The summed E-state index contributed by atoms with van der Waals surface area (Å²) in [4.78, 5) is 4.48. The van der Waals surface area contributed by atoms with E-state index in [1.54, 1.807) is 19.1 Å². The molecule has 0 aliphatic carbocycles. The molecule has 1 heterocycles. The third-order valence-corrected chi connectivity index (χ3v) is 5.30. The molecule has 0 radical (unpaired) electrons. The summed E-state index contributed by atoms with van der Waals surface area (Å²) in [6, 6.07) is 13.7. The highest BCUT2D eigenvalue weighted by molar-refractivity contribution is 9.10. The van der Waals surface area contributed by atoms with Gasteiger partial charge in [0.05, 0.1) is 10.0 Å². The van der Waals surface area contributed by atoms with E-state index in [1.165, 1.54) is 12.1 Å². The molecule has 0 atom stereocenters. The van der Waals surface area contributed by atoms with Gasteiger partial charge in [-0.25, -0.2) is 4.98 Å². The molecule has 0 saturated carbocycles. The summed E-state index contributed by atoms with van der Waals surface area (Å²) in [5, 5.41) is 11.6. The second-order valence-electron chi connectivity index (χ2n) is 6.33. The first-order valence-corrected chi connectivity index (χ1v) is 9.10. The Kier molecular flexibility index (Phi) is 4.42. The number of rotatable bonds is 2. The van der Waals surface area contributed by atoms with Crippen LogP contribution in [0.3, 0.4) is 0 Å². The minimum Gasteiger partial charge on any atom is -0.507 e. The Labute approximate surface area is 166 Å². The molecular weight excluding hydrogens is 435 g/mol. The minimum atomic E-state index is -4.38. The van der Waals surface area contributed by atoms with Gasteiger partial charge in [-0.05, 0) is 70.0 Å². The highest BCUT2D eigenvalue weighted by Crippen LogP contribution is 2.36. The van der Waals surface area contributed by atoms with Crippen molar-refractivity contribution < 1.29 is 22.7 Å². The van der Waals surface area contributed by atoms with E-state index in [0.717, 1.165) is 28.5 Å². The molecule has 7 heteroatoms. The Morgan fingerprint density at radius 3 is 2.32 bits per heavy atom. The first kappa shape index (κ1) is 18.6. The zero-order chi connectivity index (χ0) is 20.1. The number of aromatic nitrogens is 1. The minimum absolute atomic E-state index is 0.155. The van der Waals surface area contributed by atoms with Gasteiger partial charge in [-0.2, -0.15) is 13.2 Å². The maximum Gasteiger partial charge on any atom is 0.416 e. The molecule has 4 rings (SSSR count). The average molecular weight is 448 g/mol. The summed E-state index contributed by atoms with van der Waals surface area (Å²) in [6.07, 6.45) is -4.38. The van der Waals surface area contributed by atoms with Crippen LogP contribution >= 0.6 is 15.9 Å². The number of aryl methyl sites for hydroxylation is 1. The highest BCUT2D eigenvalue weighted by Gasteiger charge is 2.30. The fourth-order valence-corrected chi connectivity index (χ4v) is 3.51. The first-order valence-electron chi connectivity index (χ1n) is 8.31. The van der Waals surface area contributed by atoms with E-state index in [2.05, 4.69) is 20.9 Å². The van der Waals surface area contributed by atoms with Crippen molar-refractivity contribution in [2.45, 2.75) is 13.1 Å². The molecule has 142 valence electrons. The summed E-state index contributed by atoms with van der Waals surface area (Å²) in [6.45, 7) is 1.76. The van der Waals surface area contributed by atoms with Crippen LogP contribution in [0.5, 0.6) is 5.75 Å². The van der Waals surface area contributed by atoms with Crippen molar-refractivity contribution in [3.05, 3.63) is 70.4 Å². The summed E-state index contributed by atoms with van der Waals surface area (Å²) in [7, 11) is 0. The van der Waals surface area contributed by atoms with Gasteiger partial charge in [0.2, 0.25) is 5.89 Å². The number of hydrogen-bond acceptors (Lipinski definition) is 3. The Morgan fingerprint density at radius 1 is 0.964 bits per heavy atom. The van der Waals surface area contributed by atoms with Crippen molar-refractivity contribution in [1.29, 1.82) is 0 Å². The van der Waals surface area contributed by atoms with Crippen molar-refractivity contribution in [3.8, 4) is 28.5 Å². The molecule has 3 aromatic carbocycles. The summed E-state index contributed by atoms with van der Waals surface area (Å²) in [5.74, 6) is 0.975. The van der Waals surface area contributed by atoms with Crippen molar-refractivity contribution in [2.24, 2.45) is 0 Å². The lowest BCUT2D eigenvalue weighted by molar-refractivity contribution is -0.137. The van der Waals surface area contributed by atoms with Gasteiger partial charge >= 0.3 is 6.18 Å². The van der Waals surface area contributed by atoms with Crippen LogP contribution in [-0.4, -0.2) is 10.1 Å². The van der Waals surface area contributed by atoms with Crippen LogP contribution in [0.1, 0.15) is 11.3 Å². The molecule has 28 heavy (non-hydrogen) atoms. The number of alkyl halides is 3.